The molecule has 1 aromatic rings. The molecule has 3 atom stereocenters. The molecule has 2 heteroatoms. The van der Waals surface area contributed by atoms with Crippen LogP contribution in [-0.4, -0.2) is 6.04 Å². The molecule has 1 aliphatic rings. The molecule has 108 valence electrons. The third kappa shape index (κ3) is 4.06. The maximum Gasteiger partial charge on any atom is 0.0388 e. The first-order valence-electron chi connectivity index (χ1n) is 7.97. The van der Waals surface area contributed by atoms with Crippen molar-refractivity contribution < 1.29 is 0 Å². The summed E-state index contributed by atoms with van der Waals surface area (Å²) in [6, 6.07) is 3.59. The first kappa shape index (κ1) is 15.1. The summed E-state index contributed by atoms with van der Waals surface area (Å²) < 4.78 is 0. The van der Waals surface area contributed by atoms with Crippen molar-refractivity contribution in [3.63, 3.8) is 0 Å². The van der Waals surface area contributed by atoms with E-state index in [2.05, 4.69) is 39.1 Å². The Labute approximate surface area is 122 Å². The van der Waals surface area contributed by atoms with Crippen LogP contribution in [0.4, 0.5) is 0 Å². The molecule has 0 spiro atoms. The van der Waals surface area contributed by atoms with Gasteiger partial charge >= 0.3 is 0 Å². The average Bonchev–Trinajstić information content (AvgIpc) is 2.82. The van der Waals surface area contributed by atoms with E-state index in [9.17, 15) is 0 Å². The Hall–Kier alpha value is -0.340. The van der Waals surface area contributed by atoms with E-state index in [1.165, 1.54) is 38.5 Å². The molecule has 1 aliphatic carbocycles. The van der Waals surface area contributed by atoms with Crippen molar-refractivity contribution in [2.75, 3.05) is 0 Å². The molecule has 1 heterocycles. The summed E-state index contributed by atoms with van der Waals surface area (Å²) in [4.78, 5) is 3.20. The Morgan fingerprint density at radius 3 is 2.63 bits per heavy atom. The number of hydrogen-bond donors (Lipinski definition) is 1. The van der Waals surface area contributed by atoms with Gasteiger partial charge in [0.15, 0.2) is 0 Å². The topological polar surface area (TPSA) is 12.0 Å². The first-order chi connectivity index (χ1) is 9.10. The van der Waals surface area contributed by atoms with Gasteiger partial charge in [-0.05, 0) is 63.5 Å². The molecule has 1 aromatic heterocycles. The summed E-state index contributed by atoms with van der Waals surface area (Å²) in [7, 11) is 0. The van der Waals surface area contributed by atoms with E-state index in [1.807, 2.05) is 11.3 Å². The van der Waals surface area contributed by atoms with Crippen LogP contribution in [0.5, 0.6) is 0 Å². The SMILES string of the molecule is CCC(C)CC(C)NC(C)c1cc2c(s1)CCCC2. The Balaban J connectivity index is 1.92. The molecule has 0 aromatic carbocycles. The van der Waals surface area contributed by atoms with Crippen LogP contribution >= 0.6 is 11.3 Å². The van der Waals surface area contributed by atoms with Gasteiger partial charge in [-0.25, -0.2) is 0 Å². The second kappa shape index (κ2) is 6.90. The molecule has 0 bridgehead atoms. The summed E-state index contributed by atoms with van der Waals surface area (Å²) in [5.41, 5.74) is 1.63. The minimum atomic E-state index is 0.509. The van der Waals surface area contributed by atoms with Crippen molar-refractivity contribution in [3.05, 3.63) is 21.4 Å². The standard InChI is InChI=1S/C17H29NS/c1-5-12(2)10-13(3)18-14(4)17-11-15-8-6-7-9-16(15)19-17/h11-14,18H,5-10H2,1-4H3. The number of rotatable bonds is 6. The van der Waals surface area contributed by atoms with Gasteiger partial charge in [0.2, 0.25) is 0 Å². The number of fused-ring (bicyclic) bond motifs is 1. The molecule has 0 saturated heterocycles. The fourth-order valence-electron chi connectivity index (χ4n) is 3.07. The van der Waals surface area contributed by atoms with E-state index < -0.39 is 0 Å². The summed E-state index contributed by atoms with van der Waals surface area (Å²) >= 11 is 2.05. The minimum Gasteiger partial charge on any atom is -0.307 e. The van der Waals surface area contributed by atoms with Crippen LogP contribution in [0.1, 0.15) is 74.7 Å². The highest BCUT2D eigenvalue weighted by Gasteiger charge is 2.18. The maximum absolute atomic E-state index is 3.78. The fourth-order valence-corrected chi connectivity index (χ4v) is 4.34. The van der Waals surface area contributed by atoms with Crippen LogP contribution in [-0.2, 0) is 12.8 Å². The highest BCUT2D eigenvalue weighted by atomic mass is 32.1. The maximum atomic E-state index is 3.78. The molecule has 2 rings (SSSR count). The normalized spacial score (nSPS) is 19.8. The number of hydrogen-bond acceptors (Lipinski definition) is 2. The van der Waals surface area contributed by atoms with E-state index >= 15 is 0 Å². The van der Waals surface area contributed by atoms with E-state index in [0.717, 1.165) is 5.92 Å². The Bertz CT molecular complexity index is 372. The lowest BCUT2D eigenvalue weighted by molar-refractivity contribution is 0.387. The largest absolute Gasteiger partial charge is 0.307 e. The highest BCUT2D eigenvalue weighted by Crippen LogP contribution is 2.33. The van der Waals surface area contributed by atoms with Gasteiger partial charge in [0.05, 0.1) is 0 Å². The lowest BCUT2D eigenvalue weighted by Crippen LogP contribution is -2.30. The molecule has 3 unspecified atom stereocenters. The van der Waals surface area contributed by atoms with Crippen LogP contribution in [0.3, 0.4) is 0 Å². The molecule has 19 heavy (non-hydrogen) atoms. The summed E-state index contributed by atoms with van der Waals surface area (Å²) in [6.07, 6.45) is 7.96. The summed E-state index contributed by atoms with van der Waals surface area (Å²) in [6.45, 7) is 9.29. The predicted molar refractivity (Wildman–Crippen MR) is 86.0 cm³/mol. The molecule has 0 amide bonds. The molecule has 1 N–H and O–H groups in total. The van der Waals surface area contributed by atoms with E-state index in [4.69, 9.17) is 0 Å². The highest BCUT2D eigenvalue weighted by molar-refractivity contribution is 7.12. The lowest BCUT2D eigenvalue weighted by atomic mass is 9.98. The van der Waals surface area contributed by atoms with Crippen molar-refractivity contribution in [1.29, 1.82) is 0 Å². The summed E-state index contributed by atoms with van der Waals surface area (Å²) in [5.74, 6) is 0.825. The number of thiophene rings is 1. The number of aryl methyl sites for hydroxylation is 2. The fraction of sp³-hybridized carbons (Fsp3) is 0.765. The van der Waals surface area contributed by atoms with Gasteiger partial charge in [-0.15, -0.1) is 11.3 Å². The molecule has 1 nitrogen and oxygen atoms in total. The van der Waals surface area contributed by atoms with Crippen molar-refractivity contribution in [3.8, 4) is 0 Å². The smallest absolute Gasteiger partial charge is 0.0388 e. The quantitative estimate of drug-likeness (QED) is 0.763. The Morgan fingerprint density at radius 2 is 1.95 bits per heavy atom. The number of nitrogens with one attached hydrogen (secondary N) is 1. The van der Waals surface area contributed by atoms with Crippen molar-refractivity contribution in [2.45, 2.75) is 78.3 Å². The molecule has 0 aliphatic heterocycles. The third-order valence-electron chi connectivity index (χ3n) is 4.43. The van der Waals surface area contributed by atoms with Crippen LogP contribution < -0.4 is 5.32 Å². The van der Waals surface area contributed by atoms with Crippen LogP contribution in [0.25, 0.3) is 0 Å². The minimum absolute atomic E-state index is 0.509. The van der Waals surface area contributed by atoms with Crippen LogP contribution in [0.2, 0.25) is 0 Å². The second-order valence-corrected chi connectivity index (χ2v) is 7.51. The zero-order valence-corrected chi connectivity index (χ0v) is 13.8. The second-order valence-electron chi connectivity index (χ2n) is 6.34. The molecule has 0 fully saturated rings. The monoisotopic (exact) mass is 279 g/mol. The zero-order valence-electron chi connectivity index (χ0n) is 13.0. The molecule has 0 radical (unpaired) electrons. The van der Waals surface area contributed by atoms with Crippen molar-refractivity contribution >= 4 is 11.3 Å². The first-order valence-corrected chi connectivity index (χ1v) is 8.79. The molecular weight excluding hydrogens is 250 g/mol. The molecular formula is C17H29NS. The van der Waals surface area contributed by atoms with Gasteiger partial charge in [-0.3, -0.25) is 0 Å². The van der Waals surface area contributed by atoms with Gasteiger partial charge in [-0.2, -0.15) is 0 Å². The lowest BCUT2D eigenvalue weighted by Gasteiger charge is -2.21. The van der Waals surface area contributed by atoms with Gasteiger partial charge in [0.1, 0.15) is 0 Å². The van der Waals surface area contributed by atoms with Crippen molar-refractivity contribution in [2.24, 2.45) is 5.92 Å². The summed E-state index contributed by atoms with van der Waals surface area (Å²) in [5, 5.41) is 3.78. The zero-order chi connectivity index (χ0) is 13.8. The predicted octanol–water partition coefficient (Wildman–Crippen LogP) is 5.10. The van der Waals surface area contributed by atoms with E-state index in [-0.39, 0.29) is 0 Å². The van der Waals surface area contributed by atoms with Gasteiger partial charge in [-0.1, -0.05) is 20.3 Å². The Morgan fingerprint density at radius 1 is 1.21 bits per heavy atom. The van der Waals surface area contributed by atoms with Gasteiger partial charge in [0, 0.05) is 21.8 Å². The third-order valence-corrected chi connectivity index (χ3v) is 5.85. The molecule has 0 saturated carbocycles. The van der Waals surface area contributed by atoms with Gasteiger partial charge < -0.3 is 5.32 Å². The van der Waals surface area contributed by atoms with Crippen LogP contribution in [0.15, 0.2) is 6.07 Å². The van der Waals surface area contributed by atoms with E-state index in [0.29, 0.717) is 12.1 Å². The van der Waals surface area contributed by atoms with Crippen molar-refractivity contribution in [1.82, 2.24) is 5.32 Å². The van der Waals surface area contributed by atoms with E-state index in [1.54, 1.807) is 15.3 Å². The van der Waals surface area contributed by atoms with Gasteiger partial charge in [0.25, 0.3) is 0 Å². The Kier molecular flexibility index (Phi) is 5.47. The average molecular weight is 279 g/mol. The van der Waals surface area contributed by atoms with Crippen LogP contribution in [0, 0.1) is 5.92 Å².